The molecule has 2 heterocycles. The minimum absolute atomic E-state index is 0.164. The van der Waals surface area contributed by atoms with Crippen LogP contribution in [-0.2, 0) is 6.61 Å². The first kappa shape index (κ1) is 29.5. The Labute approximate surface area is 273 Å². The number of rotatable bonds is 7. The summed E-state index contributed by atoms with van der Waals surface area (Å²) in [6, 6.07) is 20.9. The van der Waals surface area contributed by atoms with Crippen molar-refractivity contribution < 1.29 is 13.9 Å². The van der Waals surface area contributed by atoms with Crippen LogP contribution in [-0.4, -0.2) is 23.0 Å². The van der Waals surface area contributed by atoms with Crippen molar-refractivity contribution in [2.75, 3.05) is 7.11 Å². The Morgan fingerprint density at radius 2 is 1.81 bits per heavy atom. The Kier molecular flexibility index (Phi) is 8.40. The maximum Gasteiger partial charge on any atom is 0.282 e. The maximum atomic E-state index is 13.7. The second kappa shape index (κ2) is 12.2. The van der Waals surface area contributed by atoms with Crippen LogP contribution in [0.5, 0.6) is 11.5 Å². The van der Waals surface area contributed by atoms with E-state index in [0.717, 1.165) is 10.9 Å². The van der Waals surface area contributed by atoms with E-state index in [9.17, 15) is 4.79 Å². The van der Waals surface area contributed by atoms with Crippen LogP contribution in [0.1, 0.15) is 11.1 Å². The molecule has 0 fully saturated rings. The molecule has 0 N–H and O–H groups in total. The predicted molar refractivity (Wildman–Crippen MR) is 176 cm³/mol. The fourth-order valence-corrected chi connectivity index (χ4v) is 5.56. The molecule has 0 amide bonds. The van der Waals surface area contributed by atoms with E-state index in [1.54, 1.807) is 72.8 Å². The molecule has 0 radical (unpaired) electrons. The van der Waals surface area contributed by atoms with Gasteiger partial charge in [-0.15, -0.1) is 0 Å². The van der Waals surface area contributed by atoms with Gasteiger partial charge in [-0.05, 0) is 76.1 Å². The largest absolute Gasteiger partial charge is 0.493 e. The highest BCUT2D eigenvalue weighted by atomic mass is 79.9. The number of para-hydroxylation sites is 1. The second-order valence-electron chi connectivity index (χ2n) is 9.27. The number of nitrogens with zero attached hydrogens (tertiary/aromatic N) is 3. The molecule has 216 valence electrons. The summed E-state index contributed by atoms with van der Waals surface area (Å²) in [4.78, 5) is 18.4. The number of hydrogen-bond donors (Lipinski definition) is 0. The van der Waals surface area contributed by atoms with Crippen LogP contribution >= 0.6 is 62.3 Å². The molecule has 43 heavy (non-hydrogen) atoms. The molecule has 0 aliphatic carbocycles. The van der Waals surface area contributed by atoms with E-state index in [2.05, 4.69) is 21.0 Å². The highest BCUT2D eigenvalue weighted by molar-refractivity contribution is 9.10. The van der Waals surface area contributed by atoms with E-state index in [4.69, 9.17) is 65.3 Å². The van der Waals surface area contributed by atoms with Gasteiger partial charge in [-0.3, -0.25) is 4.79 Å². The molecule has 0 unspecified atom stereocenters. The number of methoxy groups -OCH3 is 1. The van der Waals surface area contributed by atoms with Crippen molar-refractivity contribution >= 4 is 90.4 Å². The van der Waals surface area contributed by atoms with E-state index >= 15 is 0 Å². The van der Waals surface area contributed by atoms with Gasteiger partial charge in [-0.25, -0.2) is 4.98 Å². The topological polar surface area (TPSA) is 78.9 Å². The van der Waals surface area contributed by atoms with Crippen molar-refractivity contribution in [1.29, 1.82) is 0 Å². The number of benzene rings is 4. The lowest BCUT2D eigenvalue weighted by Gasteiger charge is -2.15. The normalized spacial score (nSPS) is 11.6. The summed E-state index contributed by atoms with van der Waals surface area (Å²) in [6.45, 7) is 0.164. The number of furan rings is 1. The molecule has 2 aromatic heterocycles. The molecule has 0 atom stereocenters. The molecule has 0 saturated heterocycles. The number of hydrogen-bond acceptors (Lipinski definition) is 6. The first-order valence-corrected chi connectivity index (χ1v) is 14.9. The van der Waals surface area contributed by atoms with Crippen LogP contribution in [0.15, 0.2) is 91.6 Å². The van der Waals surface area contributed by atoms with Crippen LogP contribution in [0.2, 0.25) is 20.1 Å². The highest BCUT2D eigenvalue weighted by Crippen LogP contribution is 2.42. The van der Waals surface area contributed by atoms with E-state index in [1.165, 1.54) is 18.0 Å². The number of ether oxygens (including phenoxy) is 2. The van der Waals surface area contributed by atoms with Crippen molar-refractivity contribution in [1.82, 2.24) is 9.66 Å². The molecule has 7 nitrogen and oxygen atoms in total. The summed E-state index contributed by atoms with van der Waals surface area (Å²) < 4.78 is 19.3. The second-order valence-corrected chi connectivity index (χ2v) is 11.7. The van der Waals surface area contributed by atoms with Gasteiger partial charge in [-0.2, -0.15) is 9.78 Å². The zero-order valence-electron chi connectivity index (χ0n) is 22.1. The Morgan fingerprint density at radius 3 is 2.60 bits per heavy atom. The highest BCUT2D eigenvalue weighted by Gasteiger charge is 2.19. The third-order valence-electron chi connectivity index (χ3n) is 6.51. The minimum Gasteiger partial charge on any atom is -0.493 e. The summed E-state index contributed by atoms with van der Waals surface area (Å²) in [5.41, 5.74) is 2.02. The standard InChI is InChI=1S/C31H18BrCl4N3O4/c1-41-25-13-18(27(32)28(36)29(25)42-15-16-6-8-21(34)22(35)10-16)14-37-39-30(38-23-5-3-2-4-20(23)31(39)40)26-12-17-11-19(33)7-9-24(17)43-26/h2-14H,15H2,1H3. The molecule has 12 heteroatoms. The van der Waals surface area contributed by atoms with Crippen LogP contribution < -0.4 is 15.0 Å². The van der Waals surface area contributed by atoms with Gasteiger partial charge in [0.15, 0.2) is 17.3 Å². The van der Waals surface area contributed by atoms with E-state index in [0.29, 0.717) is 58.8 Å². The van der Waals surface area contributed by atoms with Crippen LogP contribution in [0.25, 0.3) is 33.5 Å². The van der Waals surface area contributed by atoms with E-state index < -0.39 is 0 Å². The maximum absolute atomic E-state index is 13.7. The van der Waals surface area contributed by atoms with Gasteiger partial charge in [0.2, 0.25) is 5.82 Å². The third-order valence-corrected chi connectivity index (χ3v) is 8.93. The minimum atomic E-state index is -0.383. The first-order valence-electron chi connectivity index (χ1n) is 12.6. The molecular formula is C31H18BrCl4N3O4. The molecule has 6 rings (SSSR count). The average molecular weight is 718 g/mol. The molecule has 6 aromatic rings. The van der Waals surface area contributed by atoms with Crippen LogP contribution in [0, 0.1) is 0 Å². The number of fused-ring (bicyclic) bond motifs is 2. The quantitative estimate of drug-likeness (QED) is 0.154. The van der Waals surface area contributed by atoms with E-state index in [1.807, 2.05) is 0 Å². The molecular weight excluding hydrogens is 700 g/mol. The predicted octanol–water partition coefficient (Wildman–Crippen LogP) is 9.66. The van der Waals surface area contributed by atoms with Crippen molar-refractivity contribution in [3.63, 3.8) is 0 Å². The van der Waals surface area contributed by atoms with Crippen molar-refractivity contribution in [2.45, 2.75) is 6.61 Å². The van der Waals surface area contributed by atoms with Crippen LogP contribution in [0.4, 0.5) is 0 Å². The summed E-state index contributed by atoms with van der Waals surface area (Å²) >= 11 is 28.6. The zero-order chi connectivity index (χ0) is 30.2. The van der Waals surface area contributed by atoms with Gasteiger partial charge in [0.25, 0.3) is 5.56 Å². The summed E-state index contributed by atoms with van der Waals surface area (Å²) in [5.74, 6) is 1.22. The van der Waals surface area contributed by atoms with Crippen molar-refractivity contribution in [3.05, 3.63) is 119 Å². The molecule has 0 aliphatic rings. The smallest absolute Gasteiger partial charge is 0.282 e. The van der Waals surface area contributed by atoms with Crippen LogP contribution in [0.3, 0.4) is 0 Å². The Hall–Kier alpha value is -3.53. The molecule has 4 aromatic carbocycles. The van der Waals surface area contributed by atoms with Gasteiger partial charge in [0.1, 0.15) is 17.2 Å². The fraction of sp³-hybridized carbons (Fsp3) is 0.0645. The lowest BCUT2D eigenvalue weighted by atomic mass is 10.2. The Morgan fingerprint density at radius 1 is 1.00 bits per heavy atom. The molecule has 0 bridgehead atoms. The summed E-state index contributed by atoms with van der Waals surface area (Å²) in [5, 5.41) is 7.35. The molecule has 0 saturated carbocycles. The monoisotopic (exact) mass is 715 g/mol. The Balaban J connectivity index is 1.41. The van der Waals surface area contributed by atoms with Gasteiger partial charge in [-0.1, -0.05) is 64.6 Å². The summed E-state index contributed by atoms with van der Waals surface area (Å²) in [7, 11) is 1.50. The molecule has 0 spiro atoms. The SMILES string of the molecule is COc1cc(C=Nn2c(-c3cc4cc(Cl)ccc4o3)nc3ccccc3c2=O)c(Br)c(Cl)c1OCc1ccc(Cl)c(Cl)c1. The van der Waals surface area contributed by atoms with Crippen molar-refractivity contribution in [3.8, 4) is 23.1 Å². The van der Waals surface area contributed by atoms with Gasteiger partial charge in [0, 0.05) is 20.4 Å². The number of halogens is 5. The number of aromatic nitrogens is 2. The van der Waals surface area contributed by atoms with Crippen molar-refractivity contribution in [2.24, 2.45) is 5.10 Å². The average Bonchev–Trinajstić information content (AvgIpc) is 3.42. The Bertz CT molecular complexity index is 2130. The van der Waals surface area contributed by atoms with Gasteiger partial charge >= 0.3 is 0 Å². The fourth-order valence-electron chi connectivity index (χ4n) is 4.40. The summed E-state index contributed by atoms with van der Waals surface area (Å²) in [6.07, 6.45) is 1.47. The van der Waals surface area contributed by atoms with Gasteiger partial charge < -0.3 is 13.9 Å². The first-order chi connectivity index (χ1) is 20.7. The molecule has 0 aliphatic heterocycles. The zero-order valence-corrected chi connectivity index (χ0v) is 26.7. The third kappa shape index (κ3) is 5.86. The van der Waals surface area contributed by atoms with Gasteiger partial charge in [0.05, 0.1) is 34.3 Å². The lowest BCUT2D eigenvalue weighted by Crippen LogP contribution is -2.20. The van der Waals surface area contributed by atoms with E-state index in [-0.39, 0.29) is 23.0 Å². The lowest BCUT2D eigenvalue weighted by molar-refractivity contribution is 0.284.